The highest BCUT2D eigenvalue weighted by atomic mass is 14.3. The van der Waals surface area contributed by atoms with Crippen LogP contribution in [0.3, 0.4) is 0 Å². The predicted octanol–water partition coefficient (Wildman–Crippen LogP) is 6.79. The van der Waals surface area contributed by atoms with Gasteiger partial charge in [0.25, 0.3) is 0 Å². The molecule has 0 aliphatic heterocycles. The number of hydrogen-bond donors (Lipinski definition) is 0. The lowest BCUT2D eigenvalue weighted by atomic mass is 9.95. The first-order valence-corrected chi connectivity index (χ1v) is 9.37. The van der Waals surface area contributed by atoms with Gasteiger partial charge in [0.05, 0.1) is 6.07 Å². The number of aryl methyl sites for hydroxylation is 1. The fourth-order valence-electron chi connectivity index (χ4n) is 3.14. The van der Waals surface area contributed by atoms with Gasteiger partial charge in [-0.15, -0.1) is 0 Å². The summed E-state index contributed by atoms with van der Waals surface area (Å²) in [5.74, 6) is 0.241. The molecule has 2 aromatic rings. The molecule has 1 heteroatoms. The minimum absolute atomic E-state index is 0.241. The van der Waals surface area contributed by atoms with E-state index in [0.717, 1.165) is 25.7 Å². The van der Waals surface area contributed by atoms with Crippen LogP contribution in [0, 0.1) is 17.2 Å². The molecule has 126 valence electrons. The van der Waals surface area contributed by atoms with Crippen molar-refractivity contribution in [1.29, 1.82) is 5.26 Å². The molecule has 0 N–H and O–H groups in total. The molecule has 0 spiro atoms. The van der Waals surface area contributed by atoms with E-state index in [-0.39, 0.29) is 5.92 Å². The zero-order valence-electron chi connectivity index (χ0n) is 14.9. The summed E-state index contributed by atoms with van der Waals surface area (Å²) in [6.45, 7) is 2.23. The van der Waals surface area contributed by atoms with Crippen molar-refractivity contribution in [1.82, 2.24) is 0 Å². The fraction of sp³-hybridized carbons (Fsp3) is 0.435. The highest BCUT2D eigenvalue weighted by Crippen LogP contribution is 2.21. The minimum Gasteiger partial charge on any atom is -0.198 e. The van der Waals surface area contributed by atoms with Crippen molar-refractivity contribution in [2.45, 2.75) is 58.3 Å². The Kier molecular flexibility index (Phi) is 8.11. The van der Waals surface area contributed by atoms with E-state index >= 15 is 0 Å². The molecule has 0 aliphatic rings. The van der Waals surface area contributed by atoms with Crippen LogP contribution in [-0.2, 0) is 6.42 Å². The molecule has 0 bridgehead atoms. The van der Waals surface area contributed by atoms with Crippen molar-refractivity contribution < 1.29 is 0 Å². The molecule has 0 saturated carbocycles. The largest absolute Gasteiger partial charge is 0.198 e. The Morgan fingerprint density at radius 3 is 2.12 bits per heavy atom. The molecule has 0 radical (unpaired) electrons. The van der Waals surface area contributed by atoms with E-state index in [0.29, 0.717) is 0 Å². The van der Waals surface area contributed by atoms with Crippen molar-refractivity contribution in [2.75, 3.05) is 0 Å². The van der Waals surface area contributed by atoms with Crippen LogP contribution in [-0.4, -0.2) is 0 Å². The van der Waals surface area contributed by atoms with Crippen LogP contribution in [0.15, 0.2) is 54.6 Å². The number of unbranched alkanes of at least 4 members (excludes halogenated alkanes) is 3. The molecule has 1 atom stereocenters. The monoisotopic (exact) mass is 319 g/mol. The van der Waals surface area contributed by atoms with E-state index in [1.54, 1.807) is 0 Å². The zero-order chi connectivity index (χ0) is 17.0. The van der Waals surface area contributed by atoms with Gasteiger partial charge < -0.3 is 0 Å². The summed E-state index contributed by atoms with van der Waals surface area (Å²) < 4.78 is 0. The molecule has 0 heterocycles. The molecule has 0 fully saturated rings. The van der Waals surface area contributed by atoms with E-state index < -0.39 is 0 Å². The standard InChI is InChI=1S/C23H29N/c1-2-3-4-6-10-21(19-24)12-9-11-20-15-17-23(18-16-20)22-13-7-5-8-14-22/h5,7-8,13-18,21H,2-4,6,9-12H2,1H3. The second-order valence-electron chi connectivity index (χ2n) is 6.63. The van der Waals surface area contributed by atoms with Gasteiger partial charge in [-0.05, 0) is 42.4 Å². The second kappa shape index (κ2) is 10.7. The summed E-state index contributed by atoms with van der Waals surface area (Å²) in [4.78, 5) is 0. The maximum absolute atomic E-state index is 9.29. The van der Waals surface area contributed by atoms with Crippen LogP contribution < -0.4 is 0 Å². The van der Waals surface area contributed by atoms with Crippen molar-refractivity contribution in [3.63, 3.8) is 0 Å². The topological polar surface area (TPSA) is 23.8 Å². The molecular formula is C23H29N. The smallest absolute Gasteiger partial charge is 0.0655 e. The quantitative estimate of drug-likeness (QED) is 0.442. The first-order chi connectivity index (χ1) is 11.8. The van der Waals surface area contributed by atoms with Crippen LogP contribution in [0.4, 0.5) is 0 Å². The van der Waals surface area contributed by atoms with E-state index in [1.807, 2.05) is 6.07 Å². The average molecular weight is 319 g/mol. The van der Waals surface area contributed by atoms with E-state index in [4.69, 9.17) is 0 Å². The van der Waals surface area contributed by atoms with Crippen molar-refractivity contribution in [2.24, 2.45) is 5.92 Å². The minimum atomic E-state index is 0.241. The molecule has 0 aromatic heterocycles. The number of hydrogen-bond acceptors (Lipinski definition) is 1. The van der Waals surface area contributed by atoms with Gasteiger partial charge in [-0.3, -0.25) is 0 Å². The molecule has 0 aliphatic carbocycles. The maximum atomic E-state index is 9.29. The average Bonchev–Trinajstić information content (AvgIpc) is 2.65. The lowest BCUT2D eigenvalue weighted by Gasteiger charge is -2.09. The van der Waals surface area contributed by atoms with Crippen LogP contribution in [0.2, 0.25) is 0 Å². The SMILES string of the molecule is CCCCCCC(C#N)CCCc1ccc(-c2ccccc2)cc1. The third-order valence-electron chi connectivity index (χ3n) is 4.67. The van der Waals surface area contributed by atoms with Crippen molar-refractivity contribution >= 4 is 0 Å². The molecule has 1 nitrogen and oxygen atoms in total. The Bertz CT molecular complexity index is 607. The Morgan fingerprint density at radius 2 is 1.46 bits per heavy atom. The van der Waals surface area contributed by atoms with Gasteiger partial charge in [-0.1, -0.05) is 87.2 Å². The van der Waals surface area contributed by atoms with Gasteiger partial charge >= 0.3 is 0 Å². The zero-order valence-corrected chi connectivity index (χ0v) is 14.9. The summed E-state index contributed by atoms with van der Waals surface area (Å²) in [6, 6.07) is 21.8. The third kappa shape index (κ3) is 6.20. The number of nitriles is 1. The van der Waals surface area contributed by atoms with E-state index in [9.17, 15) is 5.26 Å². The van der Waals surface area contributed by atoms with Crippen LogP contribution >= 0.6 is 0 Å². The van der Waals surface area contributed by atoms with Crippen LogP contribution in [0.25, 0.3) is 11.1 Å². The summed E-state index contributed by atoms with van der Waals surface area (Å²) in [6.07, 6.45) is 9.32. The van der Waals surface area contributed by atoms with Gasteiger partial charge in [-0.2, -0.15) is 5.26 Å². The number of rotatable bonds is 10. The first-order valence-electron chi connectivity index (χ1n) is 9.37. The van der Waals surface area contributed by atoms with E-state index in [1.165, 1.54) is 42.4 Å². The number of nitrogens with zero attached hydrogens (tertiary/aromatic N) is 1. The van der Waals surface area contributed by atoms with Gasteiger partial charge in [0, 0.05) is 5.92 Å². The molecule has 0 saturated heterocycles. The highest BCUT2D eigenvalue weighted by molar-refractivity contribution is 5.63. The van der Waals surface area contributed by atoms with Gasteiger partial charge in [0.15, 0.2) is 0 Å². The summed E-state index contributed by atoms with van der Waals surface area (Å²) >= 11 is 0. The lowest BCUT2D eigenvalue weighted by molar-refractivity contribution is 0.495. The van der Waals surface area contributed by atoms with Gasteiger partial charge in [0.2, 0.25) is 0 Å². The number of benzene rings is 2. The summed E-state index contributed by atoms with van der Waals surface area (Å²) in [7, 11) is 0. The Labute approximate surface area is 147 Å². The fourth-order valence-corrected chi connectivity index (χ4v) is 3.14. The van der Waals surface area contributed by atoms with Crippen LogP contribution in [0.5, 0.6) is 0 Å². The Hall–Kier alpha value is -2.07. The third-order valence-corrected chi connectivity index (χ3v) is 4.67. The van der Waals surface area contributed by atoms with Crippen molar-refractivity contribution in [3.05, 3.63) is 60.2 Å². The normalized spacial score (nSPS) is 11.8. The molecule has 2 aromatic carbocycles. The molecule has 0 amide bonds. The predicted molar refractivity (Wildman–Crippen MR) is 103 cm³/mol. The Balaban J connectivity index is 1.75. The van der Waals surface area contributed by atoms with Crippen molar-refractivity contribution in [3.8, 4) is 17.2 Å². The molecule has 24 heavy (non-hydrogen) atoms. The van der Waals surface area contributed by atoms with E-state index in [2.05, 4.69) is 61.5 Å². The maximum Gasteiger partial charge on any atom is 0.0655 e. The Morgan fingerprint density at radius 1 is 0.792 bits per heavy atom. The molecular weight excluding hydrogens is 290 g/mol. The summed E-state index contributed by atoms with van der Waals surface area (Å²) in [5.41, 5.74) is 3.91. The highest BCUT2D eigenvalue weighted by Gasteiger charge is 2.07. The second-order valence-corrected chi connectivity index (χ2v) is 6.63. The lowest BCUT2D eigenvalue weighted by Crippen LogP contribution is -1.98. The molecule has 1 unspecified atom stereocenters. The molecule has 2 rings (SSSR count). The summed E-state index contributed by atoms with van der Waals surface area (Å²) in [5, 5.41) is 9.29. The van der Waals surface area contributed by atoms with Gasteiger partial charge in [0.1, 0.15) is 0 Å². The van der Waals surface area contributed by atoms with Crippen LogP contribution in [0.1, 0.15) is 57.4 Å². The van der Waals surface area contributed by atoms with Gasteiger partial charge in [-0.25, -0.2) is 0 Å². The first kappa shape index (κ1) is 18.3.